The molecule has 0 aliphatic heterocycles. The van der Waals surface area contributed by atoms with Crippen LogP contribution in [0.5, 0.6) is 0 Å². The van der Waals surface area contributed by atoms with E-state index in [-0.39, 0.29) is 0 Å². The average molecular weight is 229 g/mol. The molecule has 74 valence electrons. The van der Waals surface area contributed by atoms with Gasteiger partial charge in [0.15, 0.2) is 0 Å². The minimum absolute atomic E-state index is 1.41. The average Bonchev–Trinajstić information content (AvgIpc) is 1.79. The number of rotatable bonds is 4. The van der Waals surface area contributed by atoms with Gasteiger partial charge in [-0.25, -0.2) is 26.0 Å². The number of hydrogen-bond donors (Lipinski definition) is 0. The topological polar surface area (TPSA) is 34.1 Å². The monoisotopic (exact) mass is 228 g/mol. The molecule has 0 aromatic carbocycles. The lowest BCUT2D eigenvalue weighted by molar-refractivity contribution is -0.0148. The van der Waals surface area contributed by atoms with E-state index in [1.807, 2.05) is 0 Å². The molecule has 0 unspecified atom stereocenters. The fourth-order valence-electron chi connectivity index (χ4n) is 0.485. The molecule has 0 aliphatic carbocycles. The Balaban J connectivity index is 4.35. The number of halogens is 5. The lowest BCUT2D eigenvalue weighted by atomic mass is 10.2. The summed E-state index contributed by atoms with van der Waals surface area (Å²) < 4.78 is 67.0. The second-order valence-corrected chi connectivity index (χ2v) is 4.86. The van der Waals surface area contributed by atoms with E-state index in [9.17, 15) is 26.0 Å². The predicted molar refractivity (Wildman–Crippen MR) is 35.1 cm³/mol. The zero-order valence-corrected chi connectivity index (χ0v) is 7.13. The Morgan fingerprint density at radius 1 is 1.08 bits per heavy atom. The molecule has 0 heterocycles. The standard InChI is InChI=1S/C4H5ClF4O2S/c5-12(10,11)1-2(3(6)7)4(8)9/h2-4H,1H2. The SMILES string of the molecule is O=S(=O)(Cl)CC(C(F)F)C(F)F. The van der Waals surface area contributed by atoms with Crippen molar-refractivity contribution in [1.82, 2.24) is 0 Å². The number of alkyl halides is 4. The molecule has 0 rings (SSSR count). The van der Waals surface area contributed by atoms with Crippen LogP contribution in [0.2, 0.25) is 0 Å². The van der Waals surface area contributed by atoms with Gasteiger partial charge in [0.25, 0.3) is 0 Å². The summed E-state index contributed by atoms with van der Waals surface area (Å²) in [5, 5.41) is 0. The van der Waals surface area contributed by atoms with Gasteiger partial charge in [0.2, 0.25) is 21.9 Å². The van der Waals surface area contributed by atoms with Crippen LogP contribution < -0.4 is 0 Å². The smallest absolute Gasteiger partial charge is 0.212 e. The molecule has 0 saturated carbocycles. The summed E-state index contributed by atoms with van der Waals surface area (Å²) >= 11 is 0. The quantitative estimate of drug-likeness (QED) is 0.542. The van der Waals surface area contributed by atoms with Gasteiger partial charge in [-0.3, -0.25) is 0 Å². The highest BCUT2D eigenvalue weighted by Gasteiger charge is 2.33. The molecule has 0 N–H and O–H groups in total. The van der Waals surface area contributed by atoms with Crippen molar-refractivity contribution in [3.8, 4) is 0 Å². The van der Waals surface area contributed by atoms with Crippen LogP contribution in [-0.4, -0.2) is 27.0 Å². The van der Waals surface area contributed by atoms with Crippen LogP contribution >= 0.6 is 10.7 Å². The predicted octanol–water partition coefficient (Wildman–Crippen LogP) is 1.70. The molecule has 2 nitrogen and oxygen atoms in total. The van der Waals surface area contributed by atoms with Crippen molar-refractivity contribution in [2.75, 3.05) is 5.75 Å². The summed E-state index contributed by atoms with van der Waals surface area (Å²) in [6, 6.07) is 0. The second-order valence-electron chi connectivity index (χ2n) is 2.04. The third-order valence-electron chi connectivity index (χ3n) is 1.04. The van der Waals surface area contributed by atoms with E-state index in [1.54, 1.807) is 0 Å². The van der Waals surface area contributed by atoms with Gasteiger partial charge in [-0.2, -0.15) is 0 Å². The van der Waals surface area contributed by atoms with Crippen LogP contribution in [0.15, 0.2) is 0 Å². The Morgan fingerprint density at radius 2 is 1.42 bits per heavy atom. The highest BCUT2D eigenvalue weighted by Crippen LogP contribution is 2.21. The van der Waals surface area contributed by atoms with Crippen molar-refractivity contribution in [3.63, 3.8) is 0 Å². The molecule has 0 amide bonds. The Morgan fingerprint density at radius 3 is 1.50 bits per heavy atom. The van der Waals surface area contributed by atoms with E-state index in [0.29, 0.717) is 0 Å². The normalized spacial score (nSPS) is 13.3. The van der Waals surface area contributed by atoms with Crippen molar-refractivity contribution in [2.45, 2.75) is 12.9 Å². The number of hydrogen-bond acceptors (Lipinski definition) is 2. The third kappa shape index (κ3) is 4.76. The van der Waals surface area contributed by atoms with Gasteiger partial charge in [0.05, 0.1) is 11.7 Å². The fourth-order valence-corrected chi connectivity index (χ4v) is 1.67. The first-order chi connectivity index (χ1) is 5.24. The van der Waals surface area contributed by atoms with Gasteiger partial charge < -0.3 is 0 Å². The van der Waals surface area contributed by atoms with Gasteiger partial charge in [0, 0.05) is 10.7 Å². The Hall–Kier alpha value is -0.0400. The van der Waals surface area contributed by atoms with E-state index in [4.69, 9.17) is 0 Å². The van der Waals surface area contributed by atoms with Crippen LogP contribution in [0.1, 0.15) is 0 Å². The van der Waals surface area contributed by atoms with Crippen molar-refractivity contribution >= 4 is 19.7 Å². The zero-order chi connectivity index (χ0) is 9.94. The molecule has 0 fully saturated rings. The van der Waals surface area contributed by atoms with Crippen molar-refractivity contribution in [1.29, 1.82) is 0 Å². The van der Waals surface area contributed by atoms with Gasteiger partial charge in [-0.1, -0.05) is 0 Å². The van der Waals surface area contributed by atoms with E-state index in [0.717, 1.165) is 0 Å². The van der Waals surface area contributed by atoms with Crippen LogP contribution in [0.4, 0.5) is 17.6 Å². The molecule has 0 aromatic rings. The highest BCUT2D eigenvalue weighted by atomic mass is 35.7. The van der Waals surface area contributed by atoms with E-state index < -0.39 is 33.6 Å². The van der Waals surface area contributed by atoms with Crippen LogP contribution in [0.25, 0.3) is 0 Å². The summed E-state index contributed by atoms with van der Waals surface area (Å²) in [4.78, 5) is 0. The summed E-state index contributed by atoms with van der Waals surface area (Å²) in [7, 11) is 0.220. The van der Waals surface area contributed by atoms with Gasteiger partial charge in [-0.05, 0) is 0 Å². The van der Waals surface area contributed by atoms with Crippen molar-refractivity contribution in [3.05, 3.63) is 0 Å². The third-order valence-corrected chi connectivity index (χ3v) is 2.20. The Kier molecular flexibility index (Phi) is 4.25. The highest BCUT2D eigenvalue weighted by molar-refractivity contribution is 8.13. The van der Waals surface area contributed by atoms with Crippen LogP contribution in [0.3, 0.4) is 0 Å². The zero-order valence-electron chi connectivity index (χ0n) is 5.55. The van der Waals surface area contributed by atoms with Crippen molar-refractivity contribution in [2.24, 2.45) is 5.92 Å². The van der Waals surface area contributed by atoms with Gasteiger partial charge >= 0.3 is 0 Å². The Labute approximate surface area is 70.9 Å². The maximum atomic E-state index is 11.7. The molecule has 0 spiro atoms. The summed E-state index contributed by atoms with van der Waals surface area (Å²) in [5.41, 5.74) is 0. The molecular formula is C4H5ClF4O2S. The van der Waals surface area contributed by atoms with E-state index in [2.05, 4.69) is 10.7 Å². The maximum absolute atomic E-state index is 11.7. The largest absolute Gasteiger partial charge is 0.247 e. The lowest BCUT2D eigenvalue weighted by Gasteiger charge is -2.11. The summed E-state index contributed by atoms with van der Waals surface area (Å²) in [6.07, 6.45) is -6.78. The molecule has 8 heteroatoms. The van der Waals surface area contributed by atoms with Crippen LogP contribution in [-0.2, 0) is 9.05 Å². The van der Waals surface area contributed by atoms with Crippen LogP contribution in [0, 0.1) is 5.92 Å². The van der Waals surface area contributed by atoms with Gasteiger partial charge in [0.1, 0.15) is 0 Å². The molecule has 12 heavy (non-hydrogen) atoms. The molecule has 0 atom stereocenters. The van der Waals surface area contributed by atoms with E-state index >= 15 is 0 Å². The first-order valence-corrected chi connectivity index (χ1v) is 5.20. The van der Waals surface area contributed by atoms with E-state index in [1.165, 1.54) is 0 Å². The maximum Gasteiger partial charge on any atom is 0.247 e. The van der Waals surface area contributed by atoms with Gasteiger partial charge in [-0.15, -0.1) is 0 Å². The molecule has 0 aromatic heterocycles. The molecule has 0 saturated heterocycles. The minimum Gasteiger partial charge on any atom is -0.212 e. The molecular weight excluding hydrogens is 224 g/mol. The van der Waals surface area contributed by atoms with Crippen molar-refractivity contribution < 1.29 is 26.0 Å². The summed E-state index contributed by atoms with van der Waals surface area (Å²) in [5.74, 6) is -3.92. The second kappa shape index (κ2) is 4.27. The first kappa shape index (κ1) is 12.0. The summed E-state index contributed by atoms with van der Waals surface area (Å²) in [6.45, 7) is 0. The molecule has 0 radical (unpaired) electrons. The lowest BCUT2D eigenvalue weighted by Crippen LogP contribution is -2.26. The fraction of sp³-hybridized carbons (Fsp3) is 1.00. The minimum atomic E-state index is -4.30. The first-order valence-electron chi connectivity index (χ1n) is 2.72. The molecule has 0 aliphatic rings. The molecule has 0 bridgehead atoms. The Bertz CT molecular complexity index is 219.